The molecule has 5 nitrogen and oxygen atoms in total. The molecular weight excluding hydrogens is 266 g/mol. The number of piperazine rings is 1. The molecule has 1 heterocycles. The molecule has 1 aliphatic rings. The molecular formula is C16H25N3O2. The van der Waals surface area contributed by atoms with Crippen LogP contribution in [0.4, 0.5) is 5.69 Å². The molecule has 0 aromatic heterocycles. The number of carbonyl (C=O) groups excluding carboxylic acids is 1. The minimum atomic E-state index is -0.254. The van der Waals surface area contributed by atoms with Crippen LogP contribution in [0, 0.1) is 0 Å². The van der Waals surface area contributed by atoms with Gasteiger partial charge in [-0.15, -0.1) is 0 Å². The van der Waals surface area contributed by atoms with Crippen LogP contribution < -0.4 is 10.6 Å². The Balaban J connectivity index is 1.87. The molecule has 5 heteroatoms. The SMILES string of the molecule is CCOC(=O)c1ccc(N2CCN(CCCN)CC2)cc1. The van der Waals surface area contributed by atoms with Crippen LogP contribution in [0.1, 0.15) is 23.7 Å². The first-order chi connectivity index (χ1) is 10.2. The summed E-state index contributed by atoms with van der Waals surface area (Å²) < 4.78 is 5.00. The highest BCUT2D eigenvalue weighted by molar-refractivity contribution is 5.89. The first-order valence-electron chi connectivity index (χ1n) is 7.69. The molecule has 0 radical (unpaired) electrons. The monoisotopic (exact) mass is 291 g/mol. The predicted molar refractivity (Wildman–Crippen MR) is 84.7 cm³/mol. The summed E-state index contributed by atoms with van der Waals surface area (Å²) in [7, 11) is 0. The standard InChI is InChI=1S/C16H25N3O2/c1-2-21-16(20)14-4-6-15(7-5-14)19-12-10-18(11-13-19)9-3-8-17/h4-7H,2-3,8-13,17H2,1H3. The van der Waals surface area contributed by atoms with Crippen LogP contribution in [0.15, 0.2) is 24.3 Å². The number of nitrogens with zero attached hydrogens (tertiary/aromatic N) is 2. The van der Waals surface area contributed by atoms with Crippen molar-refractivity contribution < 1.29 is 9.53 Å². The summed E-state index contributed by atoms with van der Waals surface area (Å²) in [5, 5.41) is 0. The Morgan fingerprint density at radius 3 is 2.43 bits per heavy atom. The Labute approximate surface area is 126 Å². The molecule has 0 spiro atoms. The molecule has 1 aliphatic heterocycles. The number of carbonyl (C=O) groups is 1. The maximum Gasteiger partial charge on any atom is 0.338 e. The number of rotatable bonds is 6. The smallest absolute Gasteiger partial charge is 0.338 e. The third-order valence-corrected chi connectivity index (χ3v) is 3.79. The maximum absolute atomic E-state index is 11.6. The molecule has 116 valence electrons. The van der Waals surface area contributed by atoms with Crippen LogP contribution in [0.2, 0.25) is 0 Å². The molecule has 0 atom stereocenters. The van der Waals surface area contributed by atoms with Gasteiger partial charge in [0.2, 0.25) is 0 Å². The van der Waals surface area contributed by atoms with E-state index in [1.807, 2.05) is 31.2 Å². The highest BCUT2D eigenvalue weighted by Crippen LogP contribution is 2.18. The van der Waals surface area contributed by atoms with Crippen molar-refractivity contribution in [1.82, 2.24) is 4.90 Å². The average molecular weight is 291 g/mol. The number of benzene rings is 1. The van der Waals surface area contributed by atoms with E-state index in [2.05, 4.69) is 9.80 Å². The highest BCUT2D eigenvalue weighted by atomic mass is 16.5. The predicted octanol–water partition coefficient (Wildman–Crippen LogP) is 1.33. The van der Waals surface area contributed by atoms with Crippen molar-refractivity contribution >= 4 is 11.7 Å². The Hall–Kier alpha value is -1.59. The van der Waals surface area contributed by atoms with Crippen molar-refractivity contribution in [2.24, 2.45) is 5.73 Å². The lowest BCUT2D eigenvalue weighted by atomic mass is 10.2. The van der Waals surface area contributed by atoms with E-state index in [0.29, 0.717) is 12.2 Å². The van der Waals surface area contributed by atoms with E-state index >= 15 is 0 Å². The molecule has 21 heavy (non-hydrogen) atoms. The fourth-order valence-corrected chi connectivity index (χ4v) is 2.57. The van der Waals surface area contributed by atoms with Gasteiger partial charge >= 0.3 is 5.97 Å². The lowest BCUT2D eigenvalue weighted by Gasteiger charge is -2.36. The zero-order valence-corrected chi connectivity index (χ0v) is 12.8. The molecule has 2 rings (SSSR count). The van der Waals surface area contributed by atoms with Crippen LogP contribution in [0.25, 0.3) is 0 Å². The minimum Gasteiger partial charge on any atom is -0.462 e. The fraction of sp³-hybridized carbons (Fsp3) is 0.562. The van der Waals surface area contributed by atoms with Gasteiger partial charge in [0.1, 0.15) is 0 Å². The summed E-state index contributed by atoms with van der Waals surface area (Å²) in [6, 6.07) is 7.69. The quantitative estimate of drug-likeness (QED) is 0.801. The van der Waals surface area contributed by atoms with E-state index in [1.165, 1.54) is 5.69 Å². The zero-order chi connectivity index (χ0) is 15.1. The fourth-order valence-electron chi connectivity index (χ4n) is 2.57. The van der Waals surface area contributed by atoms with Crippen molar-refractivity contribution in [3.05, 3.63) is 29.8 Å². The van der Waals surface area contributed by atoms with Gasteiger partial charge in [-0.1, -0.05) is 0 Å². The molecule has 0 amide bonds. The molecule has 0 bridgehead atoms. The van der Waals surface area contributed by atoms with Crippen LogP contribution in [-0.2, 0) is 4.74 Å². The molecule has 0 aliphatic carbocycles. The van der Waals surface area contributed by atoms with Gasteiger partial charge in [0.05, 0.1) is 12.2 Å². The van der Waals surface area contributed by atoms with E-state index in [0.717, 1.165) is 45.7 Å². The first kappa shape index (κ1) is 15.8. The van der Waals surface area contributed by atoms with Crippen molar-refractivity contribution in [2.75, 3.05) is 50.8 Å². The molecule has 0 saturated carbocycles. The van der Waals surface area contributed by atoms with Gasteiger partial charge in [0, 0.05) is 31.9 Å². The summed E-state index contributed by atoms with van der Waals surface area (Å²) >= 11 is 0. The second kappa shape index (κ2) is 8.00. The average Bonchev–Trinajstić information content (AvgIpc) is 2.54. The Morgan fingerprint density at radius 2 is 1.86 bits per heavy atom. The third-order valence-electron chi connectivity index (χ3n) is 3.79. The van der Waals surface area contributed by atoms with Crippen LogP contribution in [0.5, 0.6) is 0 Å². The number of hydrogen-bond donors (Lipinski definition) is 1. The largest absolute Gasteiger partial charge is 0.462 e. The topological polar surface area (TPSA) is 58.8 Å². The molecule has 1 fully saturated rings. The lowest BCUT2D eigenvalue weighted by Crippen LogP contribution is -2.46. The Morgan fingerprint density at radius 1 is 1.19 bits per heavy atom. The van der Waals surface area contributed by atoms with Gasteiger partial charge in [-0.2, -0.15) is 0 Å². The zero-order valence-electron chi connectivity index (χ0n) is 12.8. The van der Waals surface area contributed by atoms with Gasteiger partial charge in [-0.25, -0.2) is 4.79 Å². The first-order valence-corrected chi connectivity index (χ1v) is 7.69. The second-order valence-electron chi connectivity index (χ2n) is 5.24. The van der Waals surface area contributed by atoms with Crippen molar-refractivity contribution in [1.29, 1.82) is 0 Å². The van der Waals surface area contributed by atoms with Gasteiger partial charge < -0.3 is 15.4 Å². The Bertz CT molecular complexity index is 439. The summed E-state index contributed by atoms with van der Waals surface area (Å²) in [5.74, 6) is -0.254. The minimum absolute atomic E-state index is 0.254. The van der Waals surface area contributed by atoms with Crippen LogP contribution in [0.3, 0.4) is 0 Å². The number of esters is 1. The van der Waals surface area contributed by atoms with Crippen LogP contribution in [-0.4, -0.2) is 56.7 Å². The van der Waals surface area contributed by atoms with Crippen molar-refractivity contribution in [2.45, 2.75) is 13.3 Å². The number of nitrogens with two attached hydrogens (primary N) is 1. The van der Waals surface area contributed by atoms with Gasteiger partial charge in [0.15, 0.2) is 0 Å². The lowest BCUT2D eigenvalue weighted by molar-refractivity contribution is 0.0526. The van der Waals surface area contributed by atoms with E-state index < -0.39 is 0 Å². The molecule has 1 aromatic rings. The van der Waals surface area contributed by atoms with Gasteiger partial charge in [-0.05, 0) is 50.7 Å². The van der Waals surface area contributed by atoms with Crippen molar-refractivity contribution in [3.63, 3.8) is 0 Å². The molecule has 0 unspecified atom stereocenters. The summed E-state index contributed by atoms with van der Waals surface area (Å²) in [5.41, 5.74) is 7.33. The maximum atomic E-state index is 11.6. The number of hydrogen-bond acceptors (Lipinski definition) is 5. The number of ether oxygens (including phenoxy) is 1. The molecule has 1 saturated heterocycles. The van der Waals surface area contributed by atoms with E-state index in [1.54, 1.807) is 0 Å². The Kier molecular flexibility index (Phi) is 6.02. The van der Waals surface area contributed by atoms with Crippen molar-refractivity contribution in [3.8, 4) is 0 Å². The third kappa shape index (κ3) is 4.44. The second-order valence-corrected chi connectivity index (χ2v) is 5.24. The van der Waals surface area contributed by atoms with Gasteiger partial charge in [0.25, 0.3) is 0 Å². The van der Waals surface area contributed by atoms with E-state index in [4.69, 9.17) is 10.5 Å². The number of anilines is 1. The normalized spacial score (nSPS) is 16.0. The summed E-state index contributed by atoms with van der Waals surface area (Å²) in [6.07, 6.45) is 1.06. The van der Waals surface area contributed by atoms with E-state index in [9.17, 15) is 4.79 Å². The molecule has 1 aromatic carbocycles. The van der Waals surface area contributed by atoms with E-state index in [-0.39, 0.29) is 5.97 Å². The summed E-state index contributed by atoms with van der Waals surface area (Å²) in [4.78, 5) is 16.4. The van der Waals surface area contributed by atoms with Gasteiger partial charge in [-0.3, -0.25) is 4.90 Å². The molecule has 2 N–H and O–H groups in total. The highest BCUT2D eigenvalue weighted by Gasteiger charge is 2.17. The summed E-state index contributed by atoms with van der Waals surface area (Å²) in [6.45, 7) is 8.25. The van der Waals surface area contributed by atoms with Crippen LogP contribution >= 0.6 is 0 Å².